The predicted octanol–water partition coefficient (Wildman–Crippen LogP) is 2.47. The second kappa shape index (κ2) is 6.16. The van der Waals surface area contributed by atoms with Gasteiger partial charge >= 0.3 is 0 Å². The van der Waals surface area contributed by atoms with E-state index in [1.807, 2.05) is 19.1 Å². The van der Waals surface area contributed by atoms with E-state index in [1.165, 1.54) is 0 Å². The van der Waals surface area contributed by atoms with Gasteiger partial charge in [0, 0.05) is 31.0 Å². The molecule has 1 aliphatic rings. The largest absolute Gasteiger partial charge is 0.389 e. The van der Waals surface area contributed by atoms with E-state index in [0.717, 1.165) is 49.4 Å². The summed E-state index contributed by atoms with van der Waals surface area (Å²) in [5.41, 5.74) is 8.87. The third-order valence-electron chi connectivity index (χ3n) is 3.43. The Morgan fingerprint density at radius 3 is 2.78 bits per heavy atom. The first kappa shape index (κ1) is 13.3. The molecule has 1 aromatic carbocycles. The van der Waals surface area contributed by atoms with Gasteiger partial charge in [-0.05, 0) is 49.4 Å². The lowest BCUT2D eigenvalue weighted by Crippen LogP contribution is -2.22. The average molecular weight is 264 g/mol. The molecule has 0 aliphatic carbocycles. The SMILES string of the molecule is Cc1cc(NCC2CCOCC2)ccc1C(N)=S. The van der Waals surface area contributed by atoms with Crippen LogP contribution in [0.2, 0.25) is 0 Å². The number of anilines is 1. The minimum absolute atomic E-state index is 0.462. The molecule has 1 aliphatic heterocycles. The third-order valence-corrected chi connectivity index (χ3v) is 3.65. The van der Waals surface area contributed by atoms with Gasteiger partial charge in [0.1, 0.15) is 4.99 Å². The van der Waals surface area contributed by atoms with E-state index in [-0.39, 0.29) is 0 Å². The molecule has 1 saturated heterocycles. The van der Waals surface area contributed by atoms with Crippen LogP contribution in [0.3, 0.4) is 0 Å². The molecule has 1 fully saturated rings. The molecule has 0 radical (unpaired) electrons. The Labute approximate surface area is 114 Å². The standard InChI is InChI=1S/C14H20N2OS/c1-10-8-12(2-3-13(10)14(15)18)16-9-11-4-6-17-7-5-11/h2-3,8,11,16H,4-7,9H2,1H3,(H2,15,18). The number of nitrogens with two attached hydrogens (primary N) is 1. The van der Waals surface area contributed by atoms with Crippen LogP contribution in [0, 0.1) is 12.8 Å². The highest BCUT2D eigenvalue weighted by Gasteiger charge is 2.13. The highest BCUT2D eigenvalue weighted by molar-refractivity contribution is 7.80. The Morgan fingerprint density at radius 1 is 1.44 bits per heavy atom. The van der Waals surface area contributed by atoms with Gasteiger partial charge in [-0.1, -0.05) is 12.2 Å². The molecule has 0 bridgehead atoms. The van der Waals surface area contributed by atoms with Crippen molar-refractivity contribution >= 4 is 22.9 Å². The number of nitrogens with one attached hydrogen (secondary N) is 1. The van der Waals surface area contributed by atoms with Crippen LogP contribution < -0.4 is 11.1 Å². The van der Waals surface area contributed by atoms with Crippen LogP contribution in [-0.4, -0.2) is 24.7 Å². The Bertz CT molecular complexity index is 428. The van der Waals surface area contributed by atoms with Crippen molar-refractivity contribution in [2.45, 2.75) is 19.8 Å². The van der Waals surface area contributed by atoms with Gasteiger partial charge in [0.05, 0.1) is 0 Å². The molecule has 0 amide bonds. The molecule has 3 nitrogen and oxygen atoms in total. The zero-order valence-corrected chi connectivity index (χ0v) is 11.6. The lowest BCUT2D eigenvalue weighted by molar-refractivity contribution is 0.0699. The Kier molecular flexibility index (Phi) is 4.55. The van der Waals surface area contributed by atoms with Crippen molar-refractivity contribution in [3.63, 3.8) is 0 Å². The van der Waals surface area contributed by atoms with E-state index >= 15 is 0 Å². The lowest BCUT2D eigenvalue weighted by Gasteiger charge is -2.22. The van der Waals surface area contributed by atoms with Crippen molar-refractivity contribution in [2.75, 3.05) is 25.1 Å². The van der Waals surface area contributed by atoms with Gasteiger partial charge in [0.15, 0.2) is 0 Å². The summed E-state index contributed by atoms with van der Waals surface area (Å²) in [6.07, 6.45) is 2.30. The van der Waals surface area contributed by atoms with Gasteiger partial charge in [0.2, 0.25) is 0 Å². The summed E-state index contributed by atoms with van der Waals surface area (Å²) in [7, 11) is 0. The lowest BCUT2D eigenvalue weighted by atomic mass is 10.00. The first-order chi connectivity index (χ1) is 8.66. The topological polar surface area (TPSA) is 47.3 Å². The Balaban J connectivity index is 1.93. The zero-order valence-electron chi connectivity index (χ0n) is 10.7. The van der Waals surface area contributed by atoms with Crippen molar-refractivity contribution < 1.29 is 4.74 Å². The fourth-order valence-corrected chi connectivity index (χ4v) is 2.49. The summed E-state index contributed by atoms with van der Waals surface area (Å²) in [4.78, 5) is 0.462. The fraction of sp³-hybridized carbons (Fsp3) is 0.500. The van der Waals surface area contributed by atoms with Crippen LogP contribution in [0.4, 0.5) is 5.69 Å². The number of benzene rings is 1. The Morgan fingerprint density at radius 2 is 2.17 bits per heavy atom. The van der Waals surface area contributed by atoms with Gasteiger partial charge in [-0.15, -0.1) is 0 Å². The zero-order chi connectivity index (χ0) is 13.0. The quantitative estimate of drug-likeness (QED) is 0.820. The molecule has 0 unspecified atom stereocenters. The molecule has 0 atom stereocenters. The second-order valence-corrected chi connectivity index (χ2v) is 5.27. The maximum Gasteiger partial charge on any atom is 0.104 e. The summed E-state index contributed by atoms with van der Waals surface area (Å²) < 4.78 is 5.36. The highest BCUT2D eigenvalue weighted by Crippen LogP contribution is 2.18. The molecular weight excluding hydrogens is 244 g/mol. The molecule has 3 N–H and O–H groups in total. The van der Waals surface area contributed by atoms with Gasteiger partial charge in [-0.3, -0.25) is 0 Å². The second-order valence-electron chi connectivity index (χ2n) is 4.83. The van der Waals surface area contributed by atoms with Crippen LogP contribution in [0.15, 0.2) is 18.2 Å². The van der Waals surface area contributed by atoms with Crippen molar-refractivity contribution in [3.8, 4) is 0 Å². The summed E-state index contributed by atoms with van der Waals surface area (Å²) in [6.45, 7) is 4.83. The molecule has 0 aromatic heterocycles. The van der Waals surface area contributed by atoms with Crippen molar-refractivity contribution in [2.24, 2.45) is 11.7 Å². The first-order valence-corrected chi connectivity index (χ1v) is 6.79. The molecular formula is C14H20N2OS. The summed E-state index contributed by atoms with van der Waals surface area (Å²) in [5, 5.41) is 3.48. The monoisotopic (exact) mass is 264 g/mol. The summed E-state index contributed by atoms with van der Waals surface area (Å²) >= 11 is 5.00. The minimum Gasteiger partial charge on any atom is -0.389 e. The average Bonchev–Trinajstić information content (AvgIpc) is 2.37. The molecule has 4 heteroatoms. The normalized spacial score (nSPS) is 16.5. The molecule has 1 aromatic rings. The summed E-state index contributed by atoms with van der Waals surface area (Å²) in [5.74, 6) is 0.717. The van der Waals surface area contributed by atoms with Gasteiger partial charge < -0.3 is 15.8 Å². The number of aryl methyl sites for hydroxylation is 1. The number of thiocarbonyl (C=S) groups is 1. The van der Waals surface area contributed by atoms with E-state index in [1.54, 1.807) is 0 Å². The predicted molar refractivity (Wildman–Crippen MR) is 79.1 cm³/mol. The number of hydrogen-bond acceptors (Lipinski definition) is 3. The maximum absolute atomic E-state index is 5.65. The minimum atomic E-state index is 0.462. The van der Waals surface area contributed by atoms with Crippen molar-refractivity contribution in [1.82, 2.24) is 0 Å². The van der Waals surface area contributed by atoms with Gasteiger partial charge in [-0.25, -0.2) is 0 Å². The number of rotatable bonds is 4. The summed E-state index contributed by atoms with van der Waals surface area (Å²) in [6, 6.07) is 6.14. The molecule has 18 heavy (non-hydrogen) atoms. The van der Waals surface area contributed by atoms with Crippen LogP contribution in [-0.2, 0) is 4.74 Å². The molecule has 0 spiro atoms. The fourth-order valence-electron chi connectivity index (χ4n) is 2.26. The maximum atomic E-state index is 5.65. The van der Waals surface area contributed by atoms with Crippen LogP contribution in [0.5, 0.6) is 0 Å². The van der Waals surface area contributed by atoms with E-state index in [9.17, 15) is 0 Å². The smallest absolute Gasteiger partial charge is 0.104 e. The van der Waals surface area contributed by atoms with E-state index in [4.69, 9.17) is 22.7 Å². The number of ether oxygens (including phenoxy) is 1. The van der Waals surface area contributed by atoms with E-state index in [2.05, 4.69) is 11.4 Å². The van der Waals surface area contributed by atoms with E-state index < -0.39 is 0 Å². The van der Waals surface area contributed by atoms with Crippen molar-refractivity contribution in [3.05, 3.63) is 29.3 Å². The highest BCUT2D eigenvalue weighted by atomic mass is 32.1. The third kappa shape index (κ3) is 3.43. The van der Waals surface area contributed by atoms with Crippen molar-refractivity contribution in [1.29, 1.82) is 0 Å². The molecule has 0 saturated carbocycles. The molecule has 2 rings (SSSR count). The van der Waals surface area contributed by atoms with Gasteiger partial charge in [-0.2, -0.15) is 0 Å². The Hall–Kier alpha value is -1.13. The molecule has 1 heterocycles. The van der Waals surface area contributed by atoms with Crippen LogP contribution in [0.25, 0.3) is 0 Å². The number of hydrogen-bond donors (Lipinski definition) is 2. The van der Waals surface area contributed by atoms with Crippen LogP contribution >= 0.6 is 12.2 Å². The molecule has 98 valence electrons. The van der Waals surface area contributed by atoms with Crippen LogP contribution in [0.1, 0.15) is 24.0 Å². The van der Waals surface area contributed by atoms with Gasteiger partial charge in [0.25, 0.3) is 0 Å². The van der Waals surface area contributed by atoms with E-state index in [0.29, 0.717) is 10.9 Å². The first-order valence-electron chi connectivity index (χ1n) is 6.39.